The van der Waals surface area contributed by atoms with Crippen molar-refractivity contribution in [1.29, 1.82) is 0 Å². The van der Waals surface area contributed by atoms with Crippen LogP contribution in [0.5, 0.6) is 5.75 Å². The van der Waals surface area contributed by atoms with Crippen LogP contribution in [0.2, 0.25) is 0 Å². The summed E-state index contributed by atoms with van der Waals surface area (Å²) in [5.41, 5.74) is 1.99. The minimum Gasteiger partial charge on any atom is -0.482 e. The van der Waals surface area contributed by atoms with E-state index in [-0.39, 0.29) is 18.1 Å². The van der Waals surface area contributed by atoms with E-state index in [0.717, 1.165) is 5.56 Å². The Labute approximate surface area is 168 Å². The molecule has 2 aromatic carbocycles. The van der Waals surface area contributed by atoms with Gasteiger partial charge in [-0.15, -0.1) is 0 Å². The first-order valence-electron chi connectivity index (χ1n) is 8.78. The fraction of sp³-hybridized carbons (Fsp3) is 0.250. The number of likely N-dealkylation sites (N-methyl/N-ethyl adjacent to an activating group) is 1. The maximum absolute atomic E-state index is 12.5. The predicted molar refractivity (Wildman–Crippen MR) is 108 cm³/mol. The molecule has 0 unspecified atom stereocenters. The van der Waals surface area contributed by atoms with Gasteiger partial charge in [0.1, 0.15) is 17.3 Å². The second-order valence-corrected chi connectivity index (χ2v) is 8.86. The fourth-order valence-corrected chi connectivity index (χ4v) is 3.95. The van der Waals surface area contributed by atoms with Gasteiger partial charge in [-0.1, -0.05) is 17.7 Å². The molecule has 1 N–H and O–H groups in total. The standard InChI is InChI=1S/C20H20N2O6S/c1-13-3-6-15(7-4-13)21-19(24)12-29(26,27)11-17(23)14-5-8-18-16(9-14)22(2)20(25)10-28-18/h3-9H,10-12H2,1-2H3,(H,21,24). The number of hydrogen-bond donors (Lipinski definition) is 1. The minimum atomic E-state index is -3.98. The van der Waals surface area contributed by atoms with E-state index in [1.165, 1.54) is 23.1 Å². The molecule has 29 heavy (non-hydrogen) atoms. The molecule has 0 spiro atoms. The van der Waals surface area contributed by atoms with Gasteiger partial charge in [0.2, 0.25) is 5.91 Å². The molecule has 8 nitrogen and oxygen atoms in total. The maximum Gasteiger partial charge on any atom is 0.264 e. The third kappa shape index (κ3) is 5.00. The topological polar surface area (TPSA) is 110 Å². The molecule has 0 aromatic heterocycles. The van der Waals surface area contributed by atoms with Crippen LogP contribution < -0.4 is 15.0 Å². The van der Waals surface area contributed by atoms with Crippen LogP contribution in [0.4, 0.5) is 11.4 Å². The molecule has 0 aliphatic carbocycles. The van der Waals surface area contributed by atoms with E-state index in [2.05, 4.69) is 5.32 Å². The van der Waals surface area contributed by atoms with Crippen LogP contribution in [0, 0.1) is 6.92 Å². The highest BCUT2D eigenvalue weighted by molar-refractivity contribution is 7.92. The van der Waals surface area contributed by atoms with Crippen molar-refractivity contribution in [3.8, 4) is 5.75 Å². The van der Waals surface area contributed by atoms with Gasteiger partial charge in [0.25, 0.3) is 5.91 Å². The van der Waals surface area contributed by atoms with E-state index in [9.17, 15) is 22.8 Å². The molecule has 0 saturated carbocycles. The molecule has 152 valence electrons. The number of ketones is 1. The number of nitrogens with zero attached hydrogens (tertiary/aromatic N) is 1. The zero-order valence-corrected chi connectivity index (χ0v) is 16.8. The van der Waals surface area contributed by atoms with Crippen LogP contribution >= 0.6 is 0 Å². The Morgan fingerprint density at radius 2 is 1.79 bits per heavy atom. The maximum atomic E-state index is 12.5. The van der Waals surface area contributed by atoms with E-state index >= 15 is 0 Å². The molecule has 0 fully saturated rings. The zero-order valence-electron chi connectivity index (χ0n) is 16.0. The van der Waals surface area contributed by atoms with Crippen molar-refractivity contribution in [3.63, 3.8) is 0 Å². The summed E-state index contributed by atoms with van der Waals surface area (Å²) < 4.78 is 29.9. The van der Waals surface area contributed by atoms with Crippen LogP contribution in [-0.4, -0.2) is 51.2 Å². The van der Waals surface area contributed by atoms with Crippen LogP contribution in [0.3, 0.4) is 0 Å². The predicted octanol–water partition coefficient (Wildman–Crippen LogP) is 1.59. The SMILES string of the molecule is Cc1ccc(NC(=O)CS(=O)(=O)CC(=O)c2ccc3c(c2)N(C)C(=O)CO3)cc1. The van der Waals surface area contributed by atoms with Crippen LogP contribution in [-0.2, 0) is 19.4 Å². The molecule has 0 atom stereocenters. The molecule has 1 aliphatic rings. The van der Waals surface area contributed by atoms with Gasteiger partial charge in [-0.3, -0.25) is 14.4 Å². The Balaban J connectivity index is 1.67. The lowest BCUT2D eigenvalue weighted by Gasteiger charge is -2.26. The Bertz CT molecular complexity index is 1080. The highest BCUT2D eigenvalue weighted by Gasteiger charge is 2.26. The highest BCUT2D eigenvalue weighted by Crippen LogP contribution is 2.32. The molecule has 0 bridgehead atoms. The summed E-state index contributed by atoms with van der Waals surface area (Å²) >= 11 is 0. The van der Waals surface area contributed by atoms with Gasteiger partial charge in [0.05, 0.1) is 5.69 Å². The number of carbonyl (C=O) groups is 3. The summed E-state index contributed by atoms with van der Waals surface area (Å²) in [5.74, 6) is -2.84. The van der Waals surface area contributed by atoms with Crippen LogP contribution in [0.25, 0.3) is 0 Å². The lowest BCUT2D eigenvalue weighted by molar-refractivity contribution is -0.121. The molecule has 2 aromatic rings. The third-order valence-electron chi connectivity index (χ3n) is 4.40. The number of aryl methyl sites for hydroxylation is 1. The van der Waals surface area contributed by atoms with E-state index in [4.69, 9.17) is 4.74 Å². The summed E-state index contributed by atoms with van der Waals surface area (Å²) in [7, 11) is -2.43. The van der Waals surface area contributed by atoms with Gasteiger partial charge < -0.3 is 15.0 Å². The van der Waals surface area contributed by atoms with Crippen molar-refractivity contribution >= 4 is 38.8 Å². The quantitative estimate of drug-likeness (QED) is 0.716. The summed E-state index contributed by atoms with van der Waals surface area (Å²) in [6, 6.07) is 11.3. The lowest BCUT2D eigenvalue weighted by atomic mass is 10.1. The van der Waals surface area contributed by atoms with E-state index < -0.39 is 33.0 Å². The van der Waals surface area contributed by atoms with Crippen molar-refractivity contribution in [1.82, 2.24) is 0 Å². The monoisotopic (exact) mass is 416 g/mol. The molecule has 2 amide bonds. The molecule has 0 saturated heterocycles. The second-order valence-electron chi connectivity index (χ2n) is 6.79. The van der Waals surface area contributed by atoms with Crippen molar-refractivity contribution < 1.29 is 27.5 Å². The molecule has 0 radical (unpaired) electrons. The fourth-order valence-electron chi connectivity index (χ4n) is 2.81. The first-order chi connectivity index (χ1) is 13.6. The van der Waals surface area contributed by atoms with Gasteiger partial charge >= 0.3 is 0 Å². The summed E-state index contributed by atoms with van der Waals surface area (Å²) in [6.07, 6.45) is 0. The average molecular weight is 416 g/mol. The first kappa shape index (κ1) is 20.5. The number of nitrogens with one attached hydrogen (secondary N) is 1. The van der Waals surface area contributed by atoms with Crippen LogP contribution in [0.15, 0.2) is 42.5 Å². The molecular weight excluding hydrogens is 396 g/mol. The Hall–Kier alpha value is -3.20. The number of amides is 2. The summed E-state index contributed by atoms with van der Waals surface area (Å²) in [4.78, 5) is 37.6. The number of carbonyl (C=O) groups excluding carboxylic acids is 3. The smallest absolute Gasteiger partial charge is 0.264 e. The van der Waals surface area contributed by atoms with Gasteiger partial charge in [0, 0.05) is 18.3 Å². The van der Waals surface area contributed by atoms with Crippen LogP contribution in [0.1, 0.15) is 15.9 Å². The molecule has 1 aliphatic heterocycles. The van der Waals surface area contributed by atoms with Gasteiger partial charge in [-0.2, -0.15) is 0 Å². The number of fused-ring (bicyclic) bond motifs is 1. The summed E-state index contributed by atoms with van der Waals surface area (Å²) in [5, 5.41) is 2.50. The first-order valence-corrected chi connectivity index (χ1v) is 10.6. The van der Waals surface area contributed by atoms with E-state index in [0.29, 0.717) is 17.1 Å². The lowest BCUT2D eigenvalue weighted by Crippen LogP contribution is -2.35. The van der Waals surface area contributed by atoms with Crippen molar-refractivity contribution in [2.24, 2.45) is 0 Å². The third-order valence-corrected chi connectivity index (χ3v) is 5.81. The van der Waals surface area contributed by atoms with Gasteiger partial charge in [-0.05, 0) is 37.3 Å². The van der Waals surface area contributed by atoms with E-state index in [1.807, 2.05) is 6.92 Å². The largest absolute Gasteiger partial charge is 0.482 e. The number of ether oxygens (including phenoxy) is 1. The number of anilines is 2. The summed E-state index contributed by atoms with van der Waals surface area (Å²) in [6.45, 7) is 1.80. The Morgan fingerprint density at radius 1 is 1.10 bits per heavy atom. The highest BCUT2D eigenvalue weighted by atomic mass is 32.2. The number of sulfone groups is 1. The Kier molecular flexibility index (Phi) is 5.69. The van der Waals surface area contributed by atoms with Crippen molar-refractivity contribution in [3.05, 3.63) is 53.6 Å². The van der Waals surface area contributed by atoms with Gasteiger partial charge in [0.15, 0.2) is 22.2 Å². The van der Waals surface area contributed by atoms with E-state index in [1.54, 1.807) is 31.3 Å². The second kappa shape index (κ2) is 8.04. The minimum absolute atomic E-state index is 0.0960. The number of benzene rings is 2. The molecule has 3 rings (SSSR count). The normalized spacial score (nSPS) is 13.4. The van der Waals surface area contributed by atoms with Crippen molar-refractivity contribution in [2.45, 2.75) is 6.92 Å². The Morgan fingerprint density at radius 3 is 2.48 bits per heavy atom. The zero-order chi connectivity index (χ0) is 21.2. The van der Waals surface area contributed by atoms with Crippen molar-refractivity contribution in [2.75, 3.05) is 35.4 Å². The molecular formula is C20H20N2O6S. The molecule has 1 heterocycles. The number of rotatable bonds is 6. The average Bonchev–Trinajstić information content (AvgIpc) is 2.65. The molecule has 9 heteroatoms. The van der Waals surface area contributed by atoms with Gasteiger partial charge in [-0.25, -0.2) is 8.42 Å². The number of Topliss-reactive ketones (excluding diaryl/α,β-unsaturated/α-hetero) is 1. The number of hydrogen-bond acceptors (Lipinski definition) is 6.